The van der Waals surface area contributed by atoms with E-state index in [-0.39, 0.29) is 6.10 Å². The average molecular weight is 280 g/mol. The number of aliphatic hydroxyl groups excluding tert-OH is 1. The molecule has 3 aliphatic carbocycles. The summed E-state index contributed by atoms with van der Waals surface area (Å²) in [5, 5.41) is 13.3. The third-order valence-corrected chi connectivity index (χ3v) is 6.34. The molecule has 1 heteroatoms. The third kappa shape index (κ3) is 2.02. The highest BCUT2D eigenvalue weighted by molar-refractivity contribution is 5.82. The van der Waals surface area contributed by atoms with Crippen LogP contribution in [-0.4, -0.2) is 11.2 Å². The Morgan fingerprint density at radius 2 is 1.81 bits per heavy atom. The quantitative estimate of drug-likeness (QED) is 0.863. The SMILES string of the molecule is CC1(C)[C@H]2C[C@@H](Cc3ccc4ccccc4c3)[C@@H](O)[C@@H]1C2. The summed E-state index contributed by atoms with van der Waals surface area (Å²) in [5.41, 5.74) is 1.73. The molecular formula is C20H24O. The Labute approximate surface area is 127 Å². The lowest BCUT2D eigenvalue weighted by molar-refractivity contribution is -0.169. The van der Waals surface area contributed by atoms with Crippen LogP contribution in [0.5, 0.6) is 0 Å². The van der Waals surface area contributed by atoms with Gasteiger partial charge in [-0.15, -0.1) is 0 Å². The van der Waals surface area contributed by atoms with Gasteiger partial charge in [-0.1, -0.05) is 56.3 Å². The summed E-state index contributed by atoms with van der Waals surface area (Å²) in [6, 6.07) is 15.3. The van der Waals surface area contributed by atoms with E-state index in [2.05, 4.69) is 56.3 Å². The topological polar surface area (TPSA) is 20.2 Å². The van der Waals surface area contributed by atoms with Crippen molar-refractivity contribution in [2.45, 2.75) is 39.2 Å². The zero-order valence-corrected chi connectivity index (χ0v) is 12.9. The lowest BCUT2D eigenvalue weighted by Crippen LogP contribution is -2.58. The highest BCUT2D eigenvalue weighted by atomic mass is 16.3. The number of aliphatic hydroxyl groups is 1. The van der Waals surface area contributed by atoms with Gasteiger partial charge in [-0.3, -0.25) is 0 Å². The van der Waals surface area contributed by atoms with Crippen LogP contribution in [0.2, 0.25) is 0 Å². The lowest BCUT2D eigenvalue weighted by Gasteiger charge is -2.61. The van der Waals surface area contributed by atoms with Gasteiger partial charge in [-0.25, -0.2) is 0 Å². The minimum absolute atomic E-state index is 0.114. The van der Waals surface area contributed by atoms with Crippen LogP contribution >= 0.6 is 0 Å². The van der Waals surface area contributed by atoms with E-state index in [1.165, 1.54) is 29.2 Å². The van der Waals surface area contributed by atoms with E-state index >= 15 is 0 Å². The summed E-state index contributed by atoms with van der Waals surface area (Å²) < 4.78 is 0. The van der Waals surface area contributed by atoms with E-state index in [1.807, 2.05) is 0 Å². The van der Waals surface area contributed by atoms with Gasteiger partial charge in [0.2, 0.25) is 0 Å². The molecule has 2 bridgehead atoms. The minimum atomic E-state index is -0.114. The Balaban J connectivity index is 1.56. The van der Waals surface area contributed by atoms with Crippen molar-refractivity contribution in [2.24, 2.45) is 23.2 Å². The normalized spacial score (nSPS) is 33.7. The maximum absolute atomic E-state index is 10.7. The largest absolute Gasteiger partial charge is 0.393 e. The molecule has 4 atom stereocenters. The van der Waals surface area contributed by atoms with E-state index < -0.39 is 0 Å². The number of benzene rings is 2. The summed E-state index contributed by atoms with van der Waals surface area (Å²) in [6.07, 6.45) is 3.34. The molecule has 2 aromatic carbocycles. The van der Waals surface area contributed by atoms with Gasteiger partial charge < -0.3 is 5.11 Å². The molecule has 0 spiro atoms. The van der Waals surface area contributed by atoms with Crippen molar-refractivity contribution in [1.29, 1.82) is 0 Å². The van der Waals surface area contributed by atoms with Crippen LogP contribution in [0, 0.1) is 23.2 Å². The third-order valence-electron chi connectivity index (χ3n) is 6.34. The second-order valence-corrected chi connectivity index (χ2v) is 7.73. The average Bonchev–Trinajstić information content (AvgIpc) is 2.48. The Kier molecular flexibility index (Phi) is 2.91. The highest BCUT2D eigenvalue weighted by Crippen LogP contribution is 2.61. The van der Waals surface area contributed by atoms with E-state index in [1.54, 1.807) is 0 Å². The number of hydrogen-bond donors (Lipinski definition) is 1. The van der Waals surface area contributed by atoms with Crippen LogP contribution in [-0.2, 0) is 6.42 Å². The summed E-state index contributed by atoms with van der Waals surface area (Å²) in [6.45, 7) is 4.67. The standard InChI is InChI=1S/C20H24O/c1-20(2)17-11-16(19(21)18(20)12-17)10-13-7-8-14-5-3-4-6-15(14)9-13/h3-9,16-19,21H,10-12H2,1-2H3/t16-,17+,18+,19-/m1/s1. The van der Waals surface area contributed by atoms with Crippen molar-refractivity contribution in [2.75, 3.05) is 0 Å². The van der Waals surface area contributed by atoms with Crippen LogP contribution < -0.4 is 0 Å². The predicted octanol–water partition coefficient (Wildman–Crippen LogP) is 4.43. The van der Waals surface area contributed by atoms with Crippen molar-refractivity contribution in [3.05, 3.63) is 48.0 Å². The fraction of sp³-hybridized carbons (Fsp3) is 0.500. The minimum Gasteiger partial charge on any atom is -0.393 e. The van der Waals surface area contributed by atoms with Gasteiger partial charge in [0.25, 0.3) is 0 Å². The van der Waals surface area contributed by atoms with Crippen LogP contribution in [0.3, 0.4) is 0 Å². The molecule has 5 rings (SSSR count). The molecule has 110 valence electrons. The van der Waals surface area contributed by atoms with Crippen molar-refractivity contribution in [1.82, 2.24) is 0 Å². The van der Waals surface area contributed by atoms with E-state index in [9.17, 15) is 5.11 Å². The molecule has 0 amide bonds. The fourth-order valence-corrected chi connectivity index (χ4v) is 4.74. The molecule has 3 aliphatic rings. The zero-order chi connectivity index (χ0) is 14.6. The number of hydrogen-bond acceptors (Lipinski definition) is 1. The van der Waals surface area contributed by atoms with Crippen molar-refractivity contribution in [3.63, 3.8) is 0 Å². The lowest BCUT2D eigenvalue weighted by atomic mass is 9.45. The van der Waals surface area contributed by atoms with Gasteiger partial charge in [0.1, 0.15) is 0 Å². The molecule has 0 saturated heterocycles. The maximum Gasteiger partial charge on any atom is 0.0605 e. The molecule has 1 nitrogen and oxygen atoms in total. The van der Waals surface area contributed by atoms with Crippen molar-refractivity contribution in [3.8, 4) is 0 Å². The smallest absolute Gasteiger partial charge is 0.0605 e. The summed E-state index contributed by atoms with van der Waals surface area (Å²) in [5.74, 6) is 1.78. The monoisotopic (exact) mass is 280 g/mol. The van der Waals surface area contributed by atoms with Gasteiger partial charge >= 0.3 is 0 Å². The van der Waals surface area contributed by atoms with Gasteiger partial charge in [0, 0.05) is 0 Å². The predicted molar refractivity (Wildman–Crippen MR) is 87.1 cm³/mol. The Bertz CT molecular complexity index is 672. The zero-order valence-electron chi connectivity index (χ0n) is 12.9. The Hall–Kier alpha value is -1.34. The van der Waals surface area contributed by atoms with E-state index in [4.69, 9.17) is 0 Å². The molecule has 0 aliphatic heterocycles. The fourth-order valence-electron chi connectivity index (χ4n) is 4.74. The highest BCUT2D eigenvalue weighted by Gasteiger charge is 2.57. The first-order valence-corrected chi connectivity index (χ1v) is 8.21. The second-order valence-electron chi connectivity index (χ2n) is 7.73. The molecule has 2 aromatic rings. The van der Waals surface area contributed by atoms with E-state index in [0.717, 1.165) is 12.3 Å². The first-order chi connectivity index (χ1) is 10.1. The Morgan fingerprint density at radius 1 is 1.05 bits per heavy atom. The van der Waals surface area contributed by atoms with Crippen LogP contribution in [0.25, 0.3) is 10.8 Å². The van der Waals surface area contributed by atoms with Crippen LogP contribution in [0.15, 0.2) is 42.5 Å². The molecular weight excluding hydrogens is 256 g/mol. The summed E-state index contributed by atoms with van der Waals surface area (Å²) in [7, 11) is 0. The number of fused-ring (bicyclic) bond motifs is 3. The first-order valence-electron chi connectivity index (χ1n) is 8.21. The molecule has 3 fully saturated rings. The molecule has 0 aromatic heterocycles. The van der Waals surface area contributed by atoms with Gasteiger partial charge in [0.05, 0.1) is 6.10 Å². The molecule has 0 unspecified atom stereocenters. The van der Waals surface area contributed by atoms with Gasteiger partial charge in [-0.2, -0.15) is 0 Å². The van der Waals surface area contributed by atoms with Gasteiger partial charge in [-0.05, 0) is 58.8 Å². The van der Waals surface area contributed by atoms with Crippen molar-refractivity contribution < 1.29 is 5.11 Å². The first kappa shape index (κ1) is 13.3. The van der Waals surface area contributed by atoms with E-state index in [0.29, 0.717) is 17.3 Å². The Morgan fingerprint density at radius 3 is 2.52 bits per heavy atom. The van der Waals surface area contributed by atoms with Gasteiger partial charge in [0.15, 0.2) is 0 Å². The van der Waals surface area contributed by atoms with Crippen LogP contribution in [0.4, 0.5) is 0 Å². The van der Waals surface area contributed by atoms with Crippen LogP contribution in [0.1, 0.15) is 32.3 Å². The van der Waals surface area contributed by atoms with Crippen molar-refractivity contribution >= 4 is 10.8 Å². The molecule has 3 saturated carbocycles. The summed E-state index contributed by atoms with van der Waals surface area (Å²) in [4.78, 5) is 0. The molecule has 1 N–H and O–H groups in total. The number of rotatable bonds is 2. The molecule has 0 radical (unpaired) electrons. The second kappa shape index (κ2) is 4.58. The maximum atomic E-state index is 10.7. The summed E-state index contributed by atoms with van der Waals surface area (Å²) >= 11 is 0. The molecule has 21 heavy (non-hydrogen) atoms. The molecule has 0 heterocycles.